The topological polar surface area (TPSA) is 53.1 Å². The van der Waals surface area contributed by atoms with Crippen molar-refractivity contribution in [2.24, 2.45) is 0 Å². The van der Waals surface area contributed by atoms with E-state index in [1.165, 1.54) is 0 Å². The number of imidazole rings is 1. The molecule has 0 aliphatic heterocycles. The van der Waals surface area contributed by atoms with Crippen LogP contribution in [-0.4, -0.2) is 22.3 Å². The second-order valence-electron chi connectivity index (χ2n) is 4.12. The summed E-state index contributed by atoms with van der Waals surface area (Å²) in [5.41, 5.74) is 6.71. The first kappa shape index (κ1) is 11.0. The number of nitrogen functional groups attached to an aromatic ring is 1. The van der Waals surface area contributed by atoms with Crippen LogP contribution < -0.4 is 5.73 Å². The lowest BCUT2D eigenvalue weighted by Crippen LogP contribution is -2.25. The van der Waals surface area contributed by atoms with Crippen molar-refractivity contribution in [2.45, 2.75) is 39.3 Å². The molecular formula is C10H19N3O. The fraction of sp³-hybridized carbons (Fsp3) is 0.700. The van der Waals surface area contributed by atoms with Crippen molar-refractivity contribution in [3.63, 3.8) is 0 Å². The first-order chi connectivity index (χ1) is 6.46. The molecule has 80 valence electrons. The summed E-state index contributed by atoms with van der Waals surface area (Å²) in [4.78, 5) is 4.04. The Bertz CT molecular complexity index is 285. The van der Waals surface area contributed by atoms with E-state index in [2.05, 4.69) is 18.8 Å². The van der Waals surface area contributed by atoms with Gasteiger partial charge in [-0.3, -0.25) is 0 Å². The summed E-state index contributed by atoms with van der Waals surface area (Å²) in [6.45, 7) is 6.98. The quantitative estimate of drug-likeness (QED) is 0.797. The van der Waals surface area contributed by atoms with Crippen LogP contribution in [0.5, 0.6) is 0 Å². The van der Waals surface area contributed by atoms with Gasteiger partial charge in [0.1, 0.15) is 0 Å². The Morgan fingerprint density at radius 2 is 2.21 bits per heavy atom. The van der Waals surface area contributed by atoms with Gasteiger partial charge in [0.05, 0.1) is 11.8 Å². The molecule has 0 bridgehead atoms. The van der Waals surface area contributed by atoms with Gasteiger partial charge in [-0.25, -0.2) is 4.98 Å². The zero-order chi connectivity index (χ0) is 10.8. The number of anilines is 1. The summed E-state index contributed by atoms with van der Waals surface area (Å²) >= 11 is 0. The van der Waals surface area contributed by atoms with Gasteiger partial charge in [-0.1, -0.05) is 0 Å². The van der Waals surface area contributed by atoms with E-state index in [1.54, 1.807) is 13.3 Å². The van der Waals surface area contributed by atoms with Gasteiger partial charge < -0.3 is 15.0 Å². The van der Waals surface area contributed by atoms with Crippen molar-refractivity contribution >= 4 is 5.95 Å². The minimum Gasteiger partial charge on any atom is -0.379 e. The SMILES string of the molecule is COC(C)(C)CCn1c(C)cnc1N. The van der Waals surface area contributed by atoms with Crippen molar-refractivity contribution in [1.82, 2.24) is 9.55 Å². The zero-order valence-corrected chi connectivity index (χ0v) is 9.37. The van der Waals surface area contributed by atoms with Crippen LogP contribution in [0.4, 0.5) is 5.95 Å². The average molecular weight is 197 g/mol. The monoisotopic (exact) mass is 197 g/mol. The standard InChI is InChI=1S/C10H19N3O/c1-8-7-12-9(11)13(8)6-5-10(2,3)14-4/h7H,5-6H2,1-4H3,(H2,11,12). The van der Waals surface area contributed by atoms with E-state index in [0.29, 0.717) is 5.95 Å². The molecule has 1 heterocycles. The molecule has 0 amide bonds. The molecule has 0 aliphatic carbocycles. The second-order valence-corrected chi connectivity index (χ2v) is 4.12. The largest absolute Gasteiger partial charge is 0.379 e. The smallest absolute Gasteiger partial charge is 0.200 e. The third kappa shape index (κ3) is 2.48. The van der Waals surface area contributed by atoms with Crippen LogP contribution in [-0.2, 0) is 11.3 Å². The van der Waals surface area contributed by atoms with Crippen molar-refractivity contribution < 1.29 is 4.74 Å². The number of hydrogen-bond acceptors (Lipinski definition) is 3. The fourth-order valence-corrected chi connectivity index (χ4v) is 1.25. The van der Waals surface area contributed by atoms with E-state index in [4.69, 9.17) is 10.5 Å². The van der Waals surface area contributed by atoms with Gasteiger partial charge in [0.25, 0.3) is 0 Å². The Morgan fingerprint density at radius 1 is 1.57 bits per heavy atom. The molecule has 0 fully saturated rings. The van der Waals surface area contributed by atoms with E-state index in [1.807, 2.05) is 11.5 Å². The molecule has 0 unspecified atom stereocenters. The van der Waals surface area contributed by atoms with Gasteiger partial charge >= 0.3 is 0 Å². The number of nitrogens with two attached hydrogens (primary N) is 1. The van der Waals surface area contributed by atoms with Crippen LogP contribution in [0, 0.1) is 6.92 Å². The highest BCUT2D eigenvalue weighted by Gasteiger charge is 2.17. The van der Waals surface area contributed by atoms with E-state index in [0.717, 1.165) is 18.7 Å². The number of hydrogen-bond donors (Lipinski definition) is 1. The molecule has 0 aromatic carbocycles. The average Bonchev–Trinajstić information content (AvgIpc) is 2.44. The van der Waals surface area contributed by atoms with Gasteiger partial charge in [0.2, 0.25) is 0 Å². The molecule has 1 aromatic heterocycles. The Hall–Kier alpha value is -1.03. The summed E-state index contributed by atoms with van der Waals surface area (Å²) < 4.78 is 7.34. The van der Waals surface area contributed by atoms with Crippen LogP contribution in [0.1, 0.15) is 26.0 Å². The summed E-state index contributed by atoms with van der Waals surface area (Å²) in [6.07, 6.45) is 2.71. The molecule has 1 aromatic rings. The maximum atomic E-state index is 5.72. The lowest BCUT2D eigenvalue weighted by atomic mass is 10.1. The van der Waals surface area contributed by atoms with Gasteiger partial charge in [-0.2, -0.15) is 0 Å². The van der Waals surface area contributed by atoms with Crippen LogP contribution in [0.2, 0.25) is 0 Å². The predicted octanol–water partition coefficient (Wildman–Crippen LogP) is 1.59. The Balaban J connectivity index is 2.62. The molecule has 14 heavy (non-hydrogen) atoms. The van der Waals surface area contributed by atoms with Gasteiger partial charge in [-0.15, -0.1) is 0 Å². The Morgan fingerprint density at radius 3 is 2.64 bits per heavy atom. The number of aromatic nitrogens is 2. The minimum atomic E-state index is -0.108. The summed E-state index contributed by atoms with van der Waals surface area (Å²) in [5.74, 6) is 0.578. The summed E-state index contributed by atoms with van der Waals surface area (Å²) in [7, 11) is 1.73. The first-order valence-corrected chi connectivity index (χ1v) is 4.79. The molecule has 0 spiro atoms. The maximum Gasteiger partial charge on any atom is 0.200 e. The molecule has 0 radical (unpaired) electrons. The Labute approximate surface area is 85.1 Å². The number of methoxy groups -OCH3 is 1. The van der Waals surface area contributed by atoms with E-state index < -0.39 is 0 Å². The van der Waals surface area contributed by atoms with Crippen LogP contribution in [0.3, 0.4) is 0 Å². The lowest BCUT2D eigenvalue weighted by molar-refractivity contribution is 0.0121. The number of nitrogens with zero attached hydrogens (tertiary/aromatic N) is 2. The van der Waals surface area contributed by atoms with Crippen LogP contribution in [0.15, 0.2) is 6.20 Å². The predicted molar refractivity (Wildman–Crippen MR) is 57.1 cm³/mol. The van der Waals surface area contributed by atoms with Crippen molar-refractivity contribution in [2.75, 3.05) is 12.8 Å². The molecule has 4 nitrogen and oxygen atoms in total. The van der Waals surface area contributed by atoms with Gasteiger partial charge in [0.15, 0.2) is 5.95 Å². The highest BCUT2D eigenvalue weighted by Crippen LogP contribution is 2.16. The van der Waals surface area contributed by atoms with Gasteiger partial charge in [-0.05, 0) is 27.2 Å². The number of aryl methyl sites for hydroxylation is 1. The highest BCUT2D eigenvalue weighted by atomic mass is 16.5. The third-order valence-corrected chi connectivity index (χ3v) is 2.58. The van der Waals surface area contributed by atoms with E-state index in [-0.39, 0.29) is 5.60 Å². The normalized spacial score (nSPS) is 12.0. The summed E-state index contributed by atoms with van der Waals surface area (Å²) in [6, 6.07) is 0. The molecule has 0 saturated carbocycles. The number of ether oxygens (including phenoxy) is 1. The third-order valence-electron chi connectivity index (χ3n) is 2.58. The maximum absolute atomic E-state index is 5.72. The second kappa shape index (κ2) is 4.00. The van der Waals surface area contributed by atoms with E-state index >= 15 is 0 Å². The molecule has 0 atom stereocenters. The first-order valence-electron chi connectivity index (χ1n) is 4.79. The molecule has 2 N–H and O–H groups in total. The Kier molecular flexibility index (Phi) is 3.16. The molecule has 1 rings (SSSR count). The van der Waals surface area contributed by atoms with Crippen LogP contribution in [0.25, 0.3) is 0 Å². The molecule has 4 heteroatoms. The van der Waals surface area contributed by atoms with Gasteiger partial charge in [0, 0.05) is 19.3 Å². The number of rotatable bonds is 4. The van der Waals surface area contributed by atoms with Crippen LogP contribution >= 0.6 is 0 Å². The van der Waals surface area contributed by atoms with Crippen molar-refractivity contribution in [3.8, 4) is 0 Å². The van der Waals surface area contributed by atoms with Crippen molar-refractivity contribution in [3.05, 3.63) is 11.9 Å². The van der Waals surface area contributed by atoms with E-state index in [9.17, 15) is 0 Å². The zero-order valence-electron chi connectivity index (χ0n) is 9.37. The lowest BCUT2D eigenvalue weighted by Gasteiger charge is -2.23. The minimum absolute atomic E-state index is 0.108. The molecule has 0 aliphatic rings. The summed E-state index contributed by atoms with van der Waals surface area (Å²) in [5, 5.41) is 0. The van der Waals surface area contributed by atoms with Crippen molar-refractivity contribution in [1.29, 1.82) is 0 Å². The fourth-order valence-electron chi connectivity index (χ4n) is 1.25. The molecular weight excluding hydrogens is 178 g/mol. The molecule has 0 saturated heterocycles. The highest BCUT2D eigenvalue weighted by molar-refractivity contribution is 5.21.